The van der Waals surface area contributed by atoms with Crippen LogP contribution in [0.2, 0.25) is 0 Å². The molecule has 0 amide bonds. The van der Waals surface area contributed by atoms with Gasteiger partial charge in [-0.1, -0.05) is 13.8 Å². The summed E-state index contributed by atoms with van der Waals surface area (Å²) in [6.45, 7) is 6.64. The molecule has 1 aromatic heterocycles. The molecular weight excluding hydrogens is 248 g/mol. The Labute approximate surface area is 111 Å². The van der Waals surface area contributed by atoms with Crippen LogP contribution in [0, 0.1) is 17.2 Å². The van der Waals surface area contributed by atoms with Crippen molar-refractivity contribution in [3.8, 4) is 6.07 Å². The van der Waals surface area contributed by atoms with Gasteiger partial charge in [0.2, 0.25) is 0 Å². The Morgan fingerprint density at radius 1 is 1.56 bits per heavy atom. The van der Waals surface area contributed by atoms with E-state index >= 15 is 0 Å². The van der Waals surface area contributed by atoms with E-state index in [-0.39, 0.29) is 0 Å². The molecule has 0 fully saturated rings. The highest BCUT2D eigenvalue weighted by atomic mass is 32.1. The van der Waals surface area contributed by atoms with Crippen molar-refractivity contribution < 1.29 is 9.90 Å². The first-order chi connectivity index (χ1) is 8.52. The number of nitrogens with zero attached hydrogens (tertiary/aromatic N) is 2. The first-order valence-electron chi connectivity index (χ1n) is 5.94. The summed E-state index contributed by atoms with van der Waals surface area (Å²) in [6, 6.07) is 5.64. The average Bonchev–Trinajstić information content (AvgIpc) is 2.73. The Balaban J connectivity index is 2.63. The van der Waals surface area contributed by atoms with Gasteiger partial charge in [-0.3, -0.25) is 4.90 Å². The highest BCUT2D eigenvalue weighted by molar-refractivity contribution is 7.13. The van der Waals surface area contributed by atoms with Gasteiger partial charge in [0.15, 0.2) is 0 Å². The van der Waals surface area contributed by atoms with Crippen LogP contribution in [0.15, 0.2) is 12.1 Å². The third-order valence-corrected chi connectivity index (χ3v) is 3.47. The summed E-state index contributed by atoms with van der Waals surface area (Å²) in [6.07, 6.45) is 0.504. The van der Waals surface area contributed by atoms with Crippen LogP contribution in [-0.4, -0.2) is 29.1 Å². The molecule has 0 aliphatic heterocycles. The van der Waals surface area contributed by atoms with Crippen molar-refractivity contribution >= 4 is 17.3 Å². The number of hydrogen-bond donors (Lipinski definition) is 1. The van der Waals surface area contributed by atoms with Crippen molar-refractivity contribution in [1.82, 2.24) is 4.90 Å². The number of rotatable bonds is 7. The number of carboxylic acids is 1. The van der Waals surface area contributed by atoms with Gasteiger partial charge in [0.05, 0.1) is 6.07 Å². The van der Waals surface area contributed by atoms with Crippen molar-refractivity contribution in [2.75, 3.05) is 13.1 Å². The van der Waals surface area contributed by atoms with Crippen LogP contribution in [0.5, 0.6) is 0 Å². The molecule has 0 saturated carbocycles. The van der Waals surface area contributed by atoms with Crippen LogP contribution >= 0.6 is 11.3 Å². The molecule has 0 aromatic carbocycles. The molecule has 0 bridgehead atoms. The molecule has 0 aliphatic rings. The Kier molecular flexibility index (Phi) is 5.83. The molecule has 98 valence electrons. The molecule has 0 atom stereocenters. The van der Waals surface area contributed by atoms with E-state index in [9.17, 15) is 4.79 Å². The molecule has 0 spiro atoms. The Morgan fingerprint density at radius 3 is 2.78 bits per heavy atom. The van der Waals surface area contributed by atoms with E-state index in [4.69, 9.17) is 10.4 Å². The number of aromatic carboxylic acids is 1. The maximum absolute atomic E-state index is 10.8. The molecule has 0 radical (unpaired) electrons. The van der Waals surface area contributed by atoms with Gasteiger partial charge in [-0.15, -0.1) is 11.3 Å². The first kappa shape index (κ1) is 14.7. The van der Waals surface area contributed by atoms with Gasteiger partial charge in [0, 0.05) is 30.9 Å². The second kappa shape index (κ2) is 7.14. The average molecular weight is 266 g/mol. The van der Waals surface area contributed by atoms with E-state index in [2.05, 4.69) is 24.8 Å². The molecular formula is C13H18N2O2S. The summed E-state index contributed by atoms with van der Waals surface area (Å²) >= 11 is 1.31. The van der Waals surface area contributed by atoms with Crippen LogP contribution in [0.1, 0.15) is 34.8 Å². The fourth-order valence-electron chi connectivity index (χ4n) is 1.76. The lowest BCUT2D eigenvalue weighted by Crippen LogP contribution is -2.27. The molecule has 1 aromatic rings. The highest BCUT2D eigenvalue weighted by Crippen LogP contribution is 2.19. The van der Waals surface area contributed by atoms with Crippen molar-refractivity contribution in [2.24, 2.45) is 5.92 Å². The van der Waals surface area contributed by atoms with Crippen LogP contribution in [0.3, 0.4) is 0 Å². The van der Waals surface area contributed by atoms with Crippen molar-refractivity contribution in [3.63, 3.8) is 0 Å². The zero-order valence-electron chi connectivity index (χ0n) is 10.7. The second-order valence-electron chi connectivity index (χ2n) is 4.61. The summed E-state index contributed by atoms with van der Waals surface area (Å²) in [4.78, 5) is 14.4. The van der Waals surface area contributed by atoms with Gasteiger partial charge >= 0.3 is 5.97 Å². The fraction of sp³-hybridized carbons (Fsp3) is 0.538. The summed E-state index contributed by atoms with van der Waals surface area (Å²) in [7, 11) is 0. The van der Waals surface area contributed by atoms with Crippen molar-refractivity contribution in [1.29, 1.82) is 5.26 Å². The van der Waals surface area contributed by atoms with E-state index < -0.39 is 5.97 Å². The fourth-order valence-corrected chi connectivity index (χ4v) is 2.65. The lowest BCUT2D eigenvalue weighted by Gasteiger charge is -2.22. The van der Waals surface area contributed by atoms with Gasteiger partial charge in [-0.05, 0) is 18.1 Å². The summed E-state index contributed by atoms with van der Waals surface area (Å²) in [5.74, 6) is -0.346. The minimum absolute atomic E-state index is 0.370. The number of carboxylic acid groups (broad SMARTS) is 1. The molecule has 18 heavy (non-hydrogen) atoms. The number of carbonyl (C=O) groups is 1. The third kappa shape index (κ3) is 4.86. The van der Waals surface area contributed by atoms with E-state index in [1.807, 2.05) is 6.07 Å². The monoisotopic (exact) mass is 266 g/mol. The van der Waals surface area contributed by atoms with Gasteiger partial charge in [0.1, 0.15) is 4.88 Å². The van der Waals surface area contributed by atoms with Crippen LogP contribution in [-0.2, 0) is 6.54 Å². The number of hydrogen-bond acceptors (Lipinski definition) is 4. The molecule has 1 heterocycles. The molecule has 1 rings (SSSR count). The molecule has 5 heteroatoms. The van der Waals surface area contributed by atoms with Gasteiger partial charge in [0.25, 0.3) is 0 Å². The lowest BCUT2D eigenvalue weighted by molar-refractivity contribution is 0.0702. The minimum Gasteiger partial charge on any atom is -0.477 e. The van der Waals surface area contributed by atoms with E-state index in [1.54, 1.807) is 6.07 Å². The highest BCUT2D eigenvalue weighted by Gasteiger charge is 2.11. The topological polar surface area (TPSA) is 64.3 Å². The summed E-state index contributed by atoms with van der Waals surface area (Å²) in [5.41, 5.74) is 0. The molecule has 0 unspecified atom stereocenters. The quantitative estimate of drug-likeness (QED) is 0.824. The maximum Gasteiger partial charge on any atom is 0.345 e. The van der Waals surface area contributed by atoms with Crippen molar-refractivity contribution in [3.05, 3.63) is 21.9 Å². The lowest BCUT2D eigenvalue weighted by atomic mass is 10.2. The Bertz CT molecular complexity index is 434. The summed E-state index contributed by atoms with van der Waals surface area (Å²) in [5, 5.41) is 17.5. The predicted molar refractivity (Wildman–Crippen MR) is 71.6 cm³/mol. The van der Waals surface area contributed by atoms with Gasteiger partial charge < -0.3 is 5.11 Å². The normalized spacial score (nSPS) is 10.8. The SMILES string of the molecule is CC(C)CN(CCC#N)Cc1ccc(C(=O)O)s1. The van der Waals surface area contributed by atoms with Crippen LogP contribution in [0.25, 0.3) is 0 Å². The Morgan fingerprint density at radius 2 is 2.28 bits per heavy atom. The third-order valence-electron chi connectivity index (χ3n) is 2.42. The molecule has 0 aliphatic carbocycles. The van der Waals surface area contributed by atoms with Gasteiger partial charge in [-0.25, -0.2) is 4.79 Å². The first-order valence-corrected chi connectivity index (χ1v) is 6.76. The standard InChI is InChI=1S/C13H18N2O2S/c1-10(2)8-15(7-3-6-14)9-11-4-5-12(18-11)13(16)17/h4-5,10H,3,7-9H2,1-2H3,(H,16,17). The van der Waals surface area contributed by atoms with Crippen LogP contribution in [0.4, 0.5) is 0 Å². The second-order valence-corrected chi connectivity index (χ2v) is 5.78. The van der Waals surface area contributed by atoms with E-state index in [0.717, 1.165) is 24.5 Å². The molecule has 4 nitrogen and oxygen atoms in total. The summed E-state index contributed by atoms with van der Waals surface area (Å²) < 4.78 is 0. The maximum atomic E-state index is 10.8. The smallest absolute Gasteiger partial charge is 0.345 e. The zero-order valence-corrected chi connectivity index (χ0v) is 11.5. The predicted octanol–water partition coefficient (Wildman–Crippen LogP) is 2.82. The Hall–Kier alpha value is -1.38. The van der Waals surface area contributed by atoms with Gasteiger partial charge in [-0.2, -0.15) is 5.26 Å². The molecule has 1 N–H and O–H groups in total. The van der Waals surface area contributed by atoms with Crippen LogP contribution < -0.4 is 0 Å². The number of nitriles is 1. The van der Waals surface area contributed by atoms with E-state index in [1.165, 1.54) is 11.3 Å². The largest absolute Gasteiger partial charge is 0.477 e. The zero-order chi connectivity index (χ0) is 13.5. The molecule has 0 saturated heterocycles. The van der Waals surface area contributed by atoms with Crippen molar-refractivity contribution in [2.45, 2.75) is 26.8 Å². The number of thiophene rings is 1. The van der Waals surface area contributed by atoms with E-state index in [0.29, 0.717) is 17.2 Å². The minimum atomic E-state index is -0.876.